The second kappa shape index (κ2) is 5.73. The summed E-state index contributed by atoms with van der Waals surface area (Å²) in [6.45, 7) is 1.16. The first-order chi connectivity index (χ1) is 8.71. The van der Waals surface area contributed by atoms with Gasteiger partial charge < -0.3 is 11.1 Å². The fourth-order valence-corrected chi connectivity index (χ4v) is 1.66. The summed E-state index contributed by atoms with van der Waals surface area (Å²) in [5.41, 5.74) is 4.13. The van der Waals surface area contributed by atoms with Gasteiger partial charge in [0.15, 0.2) is 0 Å². The van der Waals surface area contributed by atoms with Crippen LogP contribution in [-0.2, 0) is 22.2 Å². The van der Waals surface area contributed by atoms with E-state index in [1.54, 1.807) is 0 Å². The molecule has 3 N–H and O–H groups in total. The molecule has 0 heterocycles. The summed E-state index contributed by atoms with van der Waals surface area (Å²) < 4.78 is 38.3. The average molecular weight is 274 g/mol. The zero-order chi connectivity index (χ0) is 14.6. The van der Waals surface area contributed by atoms with E-state index >= 15 is 0 Å². The van der Waals surface area contributed by atoms with Gasteiger partial charge in [-0.3, -0.25) is 9.59 Å². The lowest BCUT2D eigenvalue weighted by Crippen LogP contribution is -2.45. The van der Waals surface area contributed by atoms with Crippen LogP contribution in [0.4, 0.5) is 13.2 Å². The van der Waals surface area contributed by atoms with Crippen molar-refractivity contribution in [2.45, 2.75) is 25.6 Å². The molecule has 0 fully saturated rings. The number of hydrogen-bond acceptors (Lipinski definition) is 2. The molecule has 0 bridgehead atoms. The molecular formula is C12H13F3N2O2. The molecule has 0 aliphatic rings. The Labute approximate surface area is 107 Å². The van der Waals surface area contributed by atoms with Crippen LogP contribution in [-0.4, -0.2) is 17.9 Å². The maximum Gasteiger partial charge on any atom is 0.416 e. The third-order valence-electron chi connectivity index (χ3n) is 2.47. The minimum Gasteiger partial charge on any atom is -0.368 e. The van der Waals surface area contributed by atoms with Gasteiger partial charge in [0.1, 0.15) is 6.04 Å². The van der Waals surface area contributed by atoms with Crippen molar-refractivity contribution in [3.05, 3.63) is 35.4 Å². The molecule has 1 aromatic carbocycles. The number of nitrogens with one attached hydrogen (secondary N) is 1. The number of carbonyl (C=O) groups is 2. The highest BCUT2D eigenvalue weighted by atomic mass is 19.4. The number of primary amides is 1. The second-order valence-electron chi connectivity index (χ2n) is 4.01. The SMILES string of the molecule is CC(=O)N[C@@H](Cc1ccccc1C(F)(F)F)C(N)=O. The first-order valence-electron chi connectivity index (χ1n) is 5.43. The molecule has 1 aromatic rings. The van der Waals surface area contributed by atoms with Crippen molar-refractivity contribution in [1.82, 2.24) is 5.32 Å². The first kappa shape index (κ1) is 15.0. The maximum absolute atomic E-state index is 12.8. The molecule has 19 heavy (non-hydrogen) atoms. The Morgan fingerprint density at radius 1 is 1.32 bits per heavy atom. The van der Waals surface area contributed by atoms with Crippen LogP contribution in [0.25, 0.3) is 0 Å². The Balaban J connectivity index is 3.03. The Morgan fingerprint density at radius 2 is 1.89 bits per heavy atom. The number of halogens is 3. The van der Waals surface area contributed by atoms with Gasteiger partial charge in [-0.1, -0.05) is 18.2 Å². The van der Waals surface area contributed by atoms with Crippen LogP contribution in [0.15, 0.2) is 24.3 Å². The molecule has 0 spiro atoms. The van der Waals surface area contributed by atoms with E-state index in [9.17, 15) is 22.8 Å². The molecule has 0 radical (unpaired) electrons. The summed E-state index contributed by atoms with van der Waals surface area (Å²) in [5.74, 6) is -1.42. The largest absolute Gasteiger partial charge is 0.416 e. The monoisotopic (exact) mass is 274 g/mol. The quantitative estimate of drug-likeness (QED) is 0.867. The minimum absolute atomic E-state index is 0.0902. The number of rotatable bonds is 4. The molecule has 0 aromatic heterocycles. The lowest BCUT2D eigenvalue weighted by atomic mass is 9.99. The second-order valence-corrected chi connectivity index (χ2v) is 4.01. The molecule has 1 atom stereocenters. The van der Waals surface area contributed by atoms with E-state index in [0.29, 0.717) is 0 Å². The number of benzene rings is 1. The standard InChI is InChI=1S/C12H13F3N2O2/c1-7(18)17-10(11(16)19)6-8-4-2-3-5-9(8)12(13,14)15/h2-5,10H,6H2,1H3,(H2,16,19)(H,17,18)/t10-/m0/s1. The van der Waals surface area contributed by atoms with Gasteiger partial charge in [0.05, 0.1) is 5.56 Å². The molecule has 0 unspecified atom stereocenters. The molecule has 7 heteroatoms. The van der Waals surface area contributed by atoms with Gasteiger partial charge in [0, 0.05) is 13.3 Å². The van der Waals surface area contributed by atoms with E-state index in [0.717, 1.165) is 13.0 Å². The molecule has 0 saturated carbocycles. The van der Waals surface area contributed by atoms with Gasteiger partial charge in [-0.05, 0) is 11.6 Å². The van der Waals surface area contributed by atoms with Crippen molar-refractivity contribution in [1.29, 1.82) is 0 Å². The van der Waals surface area contributed by atoms with E-state index in [1.807, 2.05) is 0 Å². The van der Waals surface area contributed by atoms with Crippen LogP contribution < -0.4 is 11.1 Å². The van der Waals surface area contributed by atoms with E-state index in [-0.39, 0.29) is 12.0 Å². The number of carbonyl (C=O) groups excluding carboxylic acids is 2. The normalized spacial score (nSPS) is 12.8. The van der Waals surface area contributed by atoms with Gasteiger partial charge in [-0.25, -0.2) is 0 Å². The van der Waals surface area contributed by atoms with Crippen molar-refractivity contribution < 1.29 is 22.8 Å². The summed E-state index contributed by atoms with van der Waals surface area (Å²) in [6, 6.07) is 3.68. The topological polar surface area (TPSA) is 72.2 Å². The summed E-state index contributed by atoms with van der Waals surface area (Å²) in [7, 11) is 0. The van der Waals surface area contributed by atoms with Crippen molar-refractivity contribution in [2.75, 3.05) is 0 Å². The molecule has 2 amide bonds. The average Bonchev–Trinajstić information content (AvgIpc) is 2.26. The fourth-order valence-electron chi connectivity index (χ4n) is 1.66. The maximum atomic E-state index is 12.8. The van der Waals surface area contributed by atoms with E-state index in [1.165, 1.54) is 18.2 Å². The van der Waals surface area contributed by atoms with Crippen LogP contribution in [0.3, 0.4) is 0 Å². The Bertz CT molecular complexity index is 486. The summed E-state index contributed by atoms with van der Waals surface area (Å²) in [6.07, 6.45) is -4.82. The van der Waals surface area contributed by atoms with Crippen LogP contribution in [0, 0.1) is 0 Å². The summed E-state index contributed by atoms with van der Waals surface area (Å²) in [4.78, 5) is 22.0. The van der Waals surface area contributed by atoms with Crippen LogP contribution >= 0.6 is 0 Å². The number of alkyl halides is 3. The van der Waals surface area contributed by atoms with Gasteiger partial charge in [0.2, 0.25) is 11.8 Å². The van der Waals surface area contributed by atoms with Gasteiger partial charge in [0.25, 0.3) is 0 Å². The number of nitrogens with two attached hydrogens (primary N) is 1. The summed E-state index contributed by atoms with van der Waals surface area (Å²) >= 11 is 0. The van der Waals surface area contributed by atoms with Crippen LogP contribution in [0.1, 0.15) is 18.1 Å². The highest BCUT2D eigenvalue weighted by Gasteiger charge is 2.33. The minimum atomic E-state index is -4.52. The Morgan fingerprint density at radius 3 is 2.37 bits per heavy atom. The predicted octanol–water partition coefficient (Wildman–Crippen LogP) is 1.24. The smallest absolute Gasteiger partial charge is 0.368 e. The molecule has 0 aliphatic heterocycles. The fraction of sp³-hybridized carbons (Fsp3) is 0.333. The molecule has 104 valence electrons. The van der Waals surface area contributed by atoms with Crippen molar-refractivity contribution in [3.63, 3.8) is 0 Å². The highest BCUT2D eigenvalue weighted by Crippen LogP contribution is 2.32. The van der Waals surface area contributed by atoms with E-state index in [2.05, 4.69) is 5.32 Å². The van der Waals surface area contributed by atoms with Crippen LogP contribution in [0.5, 0.6) is 0 Å². The molecule has 1 rings (SSSR count). The van der Waals surface area contributed by atoms with Crippen molar-refractivity contribution >= 4 is 11.8 Å². The Hall–Kier alpha value is -2.05. The summed E-state index contributed by atoms with van der Waals surface area (Å²) in [5, 5.41) is 2.23. The van der Waals surface area contributed by atoms with Crippen molar-refractivity contribution in [3.8, 4) is 0 Å². The zero-order valence-electron chi connectivity index (χ0n) is 10.1. The molecule has 0 saturated heterocycles. The molecular weight excluding hydrogens is 261 g/mol. The molecule has 0 aliphatic carbocycles. The van der Waals surface area contributed by atoms with Crippen LogP contribution in [0.2, 0.25) is 0 Å². The lowest BCUT2D eigenvalue weighted by Gasteiger charge is -2.17. The van der Waals surface area contributed by atoms with Crippen molar-refractivity contribution in [2.24, 2.45) is 5.73 Å². The zero-order valence-corrected chi connectivity index (χ0v) is 10.1. The van der Waals surface area contributed by atoms with Gasteiger partial charge >= 0.3 is 6.18 Å². The predicted molar refractivity (Wildman–Crippen MR) is 61.9 cm³/mol. The van der Waals surface area contributed by atoms with Gasteiger partial charge in [-0.2, -0.15) is 13.2 Å². The number of hydrogen-bond donors (Lipinski definition) is 2. The molecule has 4 nitrogen and oxygen atoms in total. The lowest BCUT2D eigenvalue weighted by molar-refractivity contribution is -0.138. The highest BCUT2D eigenvalue weighted by molar-refractivity contribution is 5.85. The van der Waals surface area contributed by atoms with E-state index in [4.69, 9.17) is 5.73 Å². The number of amides is 2. The van der Waals surface area contributed by atoms with Gasteiger partial charge in [-0.15, -0.1) is 0 Å². The Kier molecular flexibility index (Phi) is 4.52. The third-order valence-corrected chi connectivity index (χ3v) is 2.47. The third kappa shape index (κ3) is 4.27. The first-order valence-corrected chi connectivity index (χ1v) is 5.43. The van der Waals surface area contributed by atoms with E-state index < -0.39 is 29.6 Å².